The summed E-state index contributed by atoms with van der Waals surface area (Å²) in [6.07, 6.45) is 0. The first-order chi connectivity index (χ1) is 13.3. The Kier molecular flexibility index (Phi) is 8.08. The van der Waals surface area contributed by atoms with Crippen LogP contribution in [0.4, 0.5) is 4.39 Å². The van der Waals surface area contributed by atoms with Crippen LogP contribution in [0.2, 0.25) is 5.02 Å². The van der Waals surface area contributed by atoms with E-state index in [9.17, 15) is 14.3 Å². The van der Waals surface area contributed by atoms with E-state index in [4.69, 9.17) is 21.1 Å². The number of nitrogens with one attached hydrogen (secondary N) is 1. The Balaban J connectivity index is 2.15. The Morgan fingerprint density at radius 1 is 1.18 bits per heavy atom. The Morgan fingerprint density at radius 3 is 2.43 bits per heavy atom. The van der Waals surface area contributed by atoms with Gasteiger partial charge in [0.25, 0.3) is 0 Å². The molecule has 0 saturated carbocycles. The smallest absolute Gasteiger partial charge is 0.320 e. The minimum atomic E-state index is -0.898. The largest absolute Gasteiger partial charge is 0.490 e. The van der Waals surface area contributed by atoms with Crippen molar-refractivity contribution in [2.24, 2.45) is 5.92 Å². The Morgan fingerprint density at radius 2 is 1.86 bits per heavy atom. The lowest BCUT2D eigenvalue weighted by Crippen LogP contribution is -2.40. The van der Waals surface area contributed by atoms with E-state index in [0.29, 0.717) is 29.7 Å². The monoisotopic (exact) mass is 409 g/mol. The van der Waals surface area contributed by atoms with Crippen molar-refractivity contribution in [1.29, 1.82) is 0 Å². The minimum absolute atomic E-state index is 0.0577. The molecule has 0 fully saturated rings. The molecule has 152 valence electrons. The molecule has 1 atom stereocenters. The molecular weight excluding hydrogens is 385 g/mol. The van der Waals surface area contributed by atoms with Gasteiger partial charge in [0.1, 0.15) is 18.5 Å². The fraction of sp³-hybridized carbons (Fsp3) is 0.381. The van der Waals surface area contributed by atoms with E-state index < -0.39 is 12.0 Å². The van der Waals surface area contributed by atoms with Crippen molar-refractivity contribution >= 4 is 17.6 Å². The summed E-state index contributed by atoms with van der Waals surface area (Å²) in [5.74, 6) is -0.390. The van der Waals surface area contributed by atoms with Crippen LogP contribution < -0.4 is 14.8 Å². The van der Waals surface area contributed by atoms with E-state index in [1.807, 2.05) is 20.8 Å². The molecule has 28 heavy (non-hydrogen) atoms. The predicted octanol–water partition coefficient (Wildman–Crippen LogP) is 4.66. The zero-order valence-corrected chi connectivity index (χ0v) is 16.9. The number of aliphatic carboxylic acids is 1. The highest BCUT2D eigenvalue weighted by Gasteiger charge is 2.21. The average Bonchev–Trinajstić information content (AvgIpc) is 2.62. The van der Waals surface area contributed by atoms with Gasteiger partial charge in [-0.05, 0) is 48.2 Å². The number of carboxylic acids is 1. The fourth-order valence-corrected chi connectivity index (χ4v) is 2.99. The van der Waals surface area contributed by atoms with Gasteiger partial charge in [0.2, 0.25) is 0 Å². The SMILES string of the molecule is CCOc1cc(CNC(C(=O)O)C(C)C)cc(Cl)c1OCc1ccc(F)cc1. The molecule has 0 saturated heterocycles. The molecule has 0 spiro atoms. The number of halogens is 2. The van der Waals surface area contributed by atoms with Crippen molar-refractivity contribution < 1.29 is 23.8 Å². The molecule has 0 amide bonds. The first-order valence-electron chi connectivity index (χ1n) is 9.10. The molecular formula is C21H25ClFNO4. The van der Waals surface area contributed by atoms with Gasteiger partial charge in [0.15, 0.2) is 11.5 Å². The molecule has 2 aromatic rings. The average molecular weight is 410 g/mol. The molecule has 2 rings (SSSR count). The molecule has 5 nitrogen and oxygen atoms in total. The van der Waals surface area contributed by atoms with Crippen LogP contribution in [-0.2, 0) is 17.9 Å². The molecule has 0 heterocycles. The van der Waals surface area contributed by atoms with Gasteiger partial charge in [-0.3, -0.25) is 4.79 Å². The fourth-order valence-electron chi connectivity index (χ4n) is 2.70. The van der Waals surface area contributed by atoms with E-state index >= 15 is 0 Å². The highest BCUT2D eigenvalue weighted by molar-refractivity contribution is 6.32. The highest BCUT2D eigenvalue weighted by Crippen LogP contribution is 2.37. The molecule has 0 radical (unpaired) electrons. The van der Waals surface area contributed by atoms with E-state index in [-0.39, 0.29) is 18.3 Å². The number of rotatable bonds is 10. The molecule has 7 heteroatoms. The van der Waals surface area contributed by atoms with Gasteiger partial charge in [-0.1, -0.05) is 37.6 Å². The normalized spacial score (nSPS) is 12.1. The quantitative estimate of drug-likeness (QED) is 0.597. The van der Waals surface area contributed by atoms with Crippen LogP contribution in [0.3, 0.4) is 0 Å². The van der Waals surface area contributed by atoms with Crippen LogP contribution >= 0.6 is 11.6 Å². The molecule has 0 aliphatic carbocycles. The number of hydrogen-bond acceptors (Lipinski definition) is 4. The maximum Gasteiger partial charge on any atom is 0.320 e. The lowest BCUT2D eigenvalue weighted by atomic mass is 10.0. The van der Waals surface area contributed by atoms with Gasteiger partial charge in [-0.2, -0.15) is 0 Å². The second kappa shape index (κ2) is 10.3. The van der Waals surface area contributed by atoms with Crippen LogP contribution in [-0.4, -0.2) is 23.7 Å². The van der Waals surface area contributed by atoms with Crippen molar-refractivity contribution in [3.05, 3.63) is 58.4 Å². The molecule has 0 aliphatic rings. The second-order valence-corrected chi connectivity index (χ2v) is 7.10. The summed E-state index contributed by atoms with van der Waals surface area (Å²) in [6.45, 7) is 6.50. The molecule has 1 unspecified atom stereocenters. The Hall–Kier alpha value is -2.31. The number of ether oxygens (including phenoxy) is 2. The maximum atomic E-state index is 13.0. The van der Waals surface area contributed by atoms with Gasteiger partial charge in [0, 0.05) is 6.54 Å². The number of benzene rings is 2. The summed E-state index contributed by atoms with van der Waals surface area (Å²) in [7, 11) is 0. The van der Waals surface area contributed by atoms with Gasteiger partial charge < -0.3 is 19.9 Å². The highest BCUT2D eigenvalue weighted by atomic mass is 35.5. The summed E-state index contributed by atoms with van der Waals surface area (Å²) < 4.78 is 24.5. The number of carboxylic acid groups (broad SMARTS) is 1. The molecule has 0 bridgehead atoms. The Bertz CT molecular complexity index is 796. The van der Waals surface area contributed by atoms with Gasteiger partial charge in [-0.15, -0.1) is 0 Å². The van der Waals surface area contributed by atoms with Crippen LogP contribution in [0.15, 0.2) is 36.4 Å². The zero-order chi connectivity index (χ0) is 20.7. The third-order valence-corrected chi connectivity index (χ3v) is 4.41. The first kappa shape index (κ1) is 22.0. The number of carbonyl (C=O) groups is 1. The lowest BCUT2D eigenvalue weighted by Gasteiger charge is -2.19. The predicted molar refractivity (Wildman–Crippen MR) is 106 cm³/mol. The minimum Gasteiger partial charge on any atom is -0.490 e. The van der Waals surface area contributed by atoms with Gasteiger partial charge >= 0.3 is 5.97 Å². The van der Waals surface area contributed by atoms with Crippen molar-refractivity contribution in [3.8, 4) is 11.5 Å². The molecule has 0 aromatic heterocycles. The topological polar surface area (TPSA) is 67.8 Å². The first-order valence-corrected chi connectivity index (χ1v) is 9.48. The Labute approximate surface area is 169 Å². The standard InChI is InChI=1S/C21H25ClFNO4/c1-4-27-18-10-15(11-24-19(13(2)3)21(25)26)9-17(22)20(18)28-12-14-5-7-16(23)8-6-14/h5-10,13,19,24H,4,11-12H2,1-3H3,(H,25,26). The van der Waals surface area contributed by atoms with E-state index in [0.717, 1.165) is 11.1 Å². The van der Waals surface area contributed by atoms with E-state index in [2.05, 4.69) is 5.32 Å². The van der Waals surface area contributed by atoms with Crippen molar-refractivity contribution in [2.45, 2.75) is 40.0 Å². The maximum absolute atomic E-state index is 13.0. The van der Waals surface area contributed by atoms with Crippen molar-refractivity contribution in [1.82, 2.24) is 5.32 Å². The summed E-state index contributed by atoms with van der Waals surface area (Å²) in [6, 6.07) is 8.85. The second-order valence-electron chi connectivity index (χ2n) is 6.69. The molecule has 0 aliphatic heterocycles. The van der Waals surface area contributed by atoms with Gasteiger partial charge in [-0.25, -0.2) is 4.39 Å². The summed E-state index contributed by atoms with van der Waals surface area (Å²) in [5.41, 5.74) is 1.58. The van der Waals surface area contributed by atoms with Crippen LogP contribution in [0.5, 0.6) is 11.5 Å². The summed E-state index contributed by atoms with van der Waals surface area (Å²) in [4.78, 5) is 11.3. The summed E-state index contributed by atoms with van der Waals surface area (Å²) in [5, 5.41) is 12.7. The third-order valence-electron chi connectivity index (χ3n) is 4.12. The molecule has 2 N–H and O–H groups in total. The third kappa shape index (κ3) is 6.11. The van der Waals surface area contributed by atoms with Crippen LogP contribution in [0, 0.1) is 11.7 Å². The van der Waals surface area contributed by atoms with Crippen molar-refractivity contribution in [3.63, 3.8) is 0 Å². The van der Waals surface area contributed by atoms with E-state index in [1.54, 1.807) is 24.3 Å². The zero-order valence-electron chi connectivity index (χ0n) is 16.2. The molecule has 2 aromatic carbocycles. The van der Waals surface area contributed by atoms with Crippen LogP contribution in [0.25, 0.3) is 0 Å². The van der Waals surface area contributed by atoms with Crippen LogP contribution in [0.1, 0.15) is 31.9 Å². The lowest BCUT2D eigenvalue weighted by molar-refractivity contribution is -0.140. The van der Waals surface area contributed by atoms with Crippen molar-refractivity contribution in [2.75, 3.05) is 6.61 Å². The van der Waals surface area contributed by atoms with Gasteiger partial charge in [0.05, 0.1) is 11.6 Å². The van der Waals surface area contributed by atoms with E-state index in [1.165, 1.54) is 12.1 Å². The summed E-state index contributed by atoms with van der Waals surface area (Å²) >= 11 is 6.39. The number of hydrogen-bond donors (Lipinski definition) is 2.